The van der Waals surface area contributed by atoms with E-state index in [1.807, 2.05) is 27.2 Å². The first-order chi connectivity index (χ1) is 40.5. The normalized spacial score (nSPS) is 14.1. The molecule has 9 heteroatoms. The highest BCUT2D eigenvalue weighted by atomic mass is 31.2. The van der Waals surface area contributed by atoms with Gasteiger partial charge >= 0.3 is 7.82 Å². The zero-order chi connectivity index (χ0) is 60.5. The summed E-state index contributed by atoms with van der Waals surface area (Å²) in [4.78, 5) is 23.4. The second-order valence-corrected chi connectivity index (χ2v) is 27.0. The van der Waals surface area contributed by atoms with Crippen molar-refractivity contribution in [3.8, 4) is 0 Å². The Kier molecular flexibility index (Phi) is 62.8. The average molecular weight is 1180 g/mol. The second kappa shape index (κ2) is 64.4. The van der Waals surface area contributed by atoms with Gasteiger partial charge in [0.2, 0.25) is 5.91 Å². The van der Waals surface area contributed by atoms with Crippen molar-refractivity contribution in [1.82, 2.24) is 5.32 Å². The Morgan fingerprint density at radius 1 is 0.410 bits per heavy atom. The number of phosphoric acid groups is 1. The van der Waals surface area contributed by atoms with Crippen molar-refractivity contribution in [2.45, 2.75) is 353 Å². The summed E-state index contributed by atoms with van der Waals surface area (Å²) in [5, 5.41) is 14.0. The number of likely N-dealkylation sites (N-methyl/N-ethyl adjacent to an activating group) is 1. The zero-order valence-electron chi connectivity index (χ0n) is 55.7. The van der Waals surface area contributed by atoms with E-state index < -0.39 is 20.0 Å². The molecule has 0 heterocycles. The lowest BCUT2D eigenvalue weighted by molar-refractivity contribution is -0.870. The van der Waals surface area contributed by atoms with Crippen LogP contribution < -0.4 is 5.32 Å². The monoisotopic (exact) mass is 1180 g/mol. The van der Waals surface area contributed by atoms with Crippen LogP contribution in [0.1, 0.15) is 341 Å². The van der Waals surface area contributed by atoms with Crippen molar-refractivity contribution in [2.24, 2.45) is 0 Å². The Morgan fingerprint density at radius 3 is 1.05 bits per heavy atom. The first kappa shape index (κ1) is 80.9. The molecular weight excluding hydrogens is 1040 g/mol. The predicted octanol–water partition coefficient (Wildman–Crippen LogP) is 22.9. The van der Waals surface area contributed by atoms with Gasteiger partial charge in [-0.3, -0.25) is 13.8 Å². The van der Waals surface area contributed by atoms with Gasteiger partial charge in [-0.15, -0.1) is 0 Å². The van der Waals surface area contributed by atoms with E-state index in [4.69, 9.17) is 9.05 Å². The molecule has 0 aromatic rings. The third kappa shape index (κ3) is 67.3. The van der Waals surface area contributed by atoms with E-state index >= 15 is 0 Å². The molecule has 8 nitrogen and oxygen atoms in total. The number of carbonyl (C=O) groups excluding carboxylic acids is 1. The third-order valence-electron chi connectivity index (χ3n) is 16.1. The number of carbonyl (C=O) groups is 1. The lowest BCUT2D eigenvalue weighted by Gasteiger charge is -2.25. The quantitative estimate of drug-likeness (QED) is 0.0243. The molecule has 0 saturated carbocycles. The van der Waals surface area contributed by atoms with Gasteiger partial charge < -0.3 is 19.8 Å². The maximum atomic E-state index is 13.0. The van der Waals surface area contributed by atoms with Crippen molar-refractivity contribution in [3.63, 3.8) is 0 Å². The number of nitrogens with zero attached hydrogens (tertiary/aromatic N) is 1. The van der Waals surface area contributed by atoms with E-state index in [1.54, 1.807) is 6.08 Å². The molecule has 1 amide bonds. The molecule has 3 N–H and O–H groups in total. The van der Waals surface area contributed by atoms with Crippen LogP contribution in [0.5, 0.6) is 0 Å². The highest BCUT2D eigenvalue weighted by molar-refractivity contribution is 7.47. The molecular formula is C74H140N2O6P+. The molecule has 0 bridgehead atoms. The largest absolute Gasteiger partial charge is 0.472 e. The van der Waals surface area contributed by atoms with Crippen LogP contribution in [0.4, 0.5) is 0 Å². The van der Waals surface area contributed by atoms with E-state index in [1.165, 1.54) is 263 Å². The van der Waals surface area contributed by atoms with Crippen LogP contribution >= 0.6 is 7.82 Å². The molecule has 0 aliphatic rings. The molecule has 0 rings (SSSR count). The van der Waals surface area contributed by atoms with Gasteiger partial charge in [-0.1, -0.05) is 324 Å². The van der Waals surface area contributed by atoms with E-state index in [0.717, 1.165) is 57.8 Å². The summed E-state index contributed by atoms with van der Waals surface area (Å²) >= 11 is 0. The molecule has 3 unspecified atom stereocenters. The number of aliphatic hydroxyl groups is 1. The van der Waals surface area contributed by atoms with Gasteiger partial charge in [0, 0.05) is 6.42 Å². The van der Waals surface area contributed by atoms with Crippen LogP contribution in [0, 0.1) is 0 Å². The van der Waals surface area contributed by atoms with Crippen LogP contribution in [-0.2, 0) is 18.4 Å². The number of amides is 1. The van der Waals surface area contributed by atoms with Crippen molar-refractivity contribution in [3.05, 3.63) is 72.9 Å². The van der Waals surface area contributed by atoms with Gasteiger partial charge in [0.15, 0.2) is 0 Å². The molecule has 0 aliphatic carbocycles. The predicted molar refractivity (Wildman–Crippen MR) is 364 cm³/mol. The van der Waals surface area contributed by atoms with Gasteiger partial charge in [0.05, 0.1) is 39.9 Å². The molecule has 0 aromatic heterocycles. The molecule has 0 spiro atoms. The van der Waals surface area contributed by atoms with Crippen molar-refractivity contribution in [2.75, 3.05) is 40.9 Å². The van der Waals surface area contributed by atoms with Crippen LogP contribution in [0.2, 0.25) is 0 Å². The Morgan fingerprint density at radius 2 is 0.699 bits per heavy atom. The summed E-state index contributed by atoms with van der Waals surface area (Å²) in [6.07, 6.45) is 90.6. The minimum Gasteiger partial charge on any atom is -0.387 e. The number of quaternary nitrogens is 1. The lowest BCUT2D eigenvalue weighted by Crippen LogP contribution is -2.45. The minimum atomic E-state index is -4.37. The van der Waals surface area contributed by atoms with E-state index in [-0.39, 0.29) is 19.1 Å². The van der Waals surface area contributed by atoms with Crippen LogP contribution in [0.3, 0.4) is 0 Å². The van der Waals surface area contributed by atoms with Crippen LogP contribution in [-0.4, -0.2) is 73.4 Å². The number of aliphatic hydroxyl groups excluding tert-OH is 1. The summed E-state index contributed by atoms with van der Waals surface area (Å²) in [6, 6.07) is -0.875. The number of rotatable bonds is 66. The van der Waals surface area contributed by atoms with Crippen LogP contribution in [0.15, 0.2) is 72.9 Å². The number of unbranched alkanes of at least 4 members (excludes halogenated alkanes) is 43. The number of phosphoric ester groups is 1. The van der Waals surface area contributed by atoms with Crippen molar-refractivity contribution >= 4 is 13.7 Å². The van der Waals surface area contributed by atoms with E-state index in [9.17, 15) is 19.4 Å². The highest BCUT2D eigenvalue weighted by Gasteiger charge is 2.28. The fraction of sp³-hybridized carbons (Fsp3) is 0.824. The van der Waals surface area contributed by atoms with Gasteiger partial charge in [0.25, 0.3) is 0 Å². The first-order valence-corrected chi connectivity index (χ1v) is 37.3. The van der Waals surface area contributed by atoms with Gasteiger partial charge in [-0.05, 0) is 83.5 Å². The molecule has 83 heavy (non-hydrogen) atoms. The molecule has 0 saturated heterocycles. The number of nitrogens with one attached hydrogen (secondary N) is 1. The van der Waals surface area contributed by atoms with Gasteiger partial charge in [-0.25, -0.2) is 4.57 Å². The molecule has 3 atom stereocenters. The Labute approximate surface area is 516 Å². The zero-order valence-corrected chi connectivity index (χ0v) is 56.6. The maximum absolute atomic E-state index is 13.0. The smallest absolute Gasteiger partial charge is 0.387 e. The molecule has 0 radical (unpaired) electrons. The van der Waals surface area contributed by atoms with E-state index in [2.05, 4.69) is 79.9 Å². The third-order valence-corrected chi connectivity index (χ3v) is 17.1. The Hall–Kier alpha value is -2.06. The summed E-state index contributed by atoms with van der Waals surface area (Å²) in [5.74, 6) is -0.189. The second-order valence-electron chi connectivity index (χ2n) is 25.6. The summed E-state index contributed by atoms with van der Waals surface area (Å²) in [6.45, 7) is 4.81. The summed E-state index contributed by atoms with van der Waals surface area (Å²) < 4.78 is 23.8. The number of hydrogen-bond donors (Lipinski definition) is 3. The molecule has 486 valence electrons. The lowest BCUT2D eigenvalue weighted by atomic mass is 10.0. The Balaban J connectivity index is 4.13. The molecule has 0 aromatic carbocycles. The Bertz CT molecular complexity index is 1580. The fourth-order valence-corrected chi connectivity index (χ4v) is 11.3. The first-order valence-electron chi connectivity index (χ1n) is 35.8. The highest BCUT2D eigenvalue weighted by Crippen LogP contribution is 2.43. The SMILES string of the molecule is CCCCCCC/C=C\C/C=C\C/C=C\CCCCCCCCCCCCCCCCC(=O)NC(COP(=O)(O)OCC[N+](C)(C)C)C(O)/C=C/CC/C=C/CC/C=C/CCCCCCCCCCCCCCCCCCCCCCCC. The number of hydrogen-bond acceptors (Lipinski definition) is 5. The fourth-order valence-electron chi connectivity index (χ4n) is 10.6. The maximum Gasteiger partial charge on any atom is 0.472 e. The molecule has 0 aliphatic heterocycles. The number of allylic oxidation sites excluding steroid dienone is 11. The van der Waals surface area contributed by atoms with Crippen molar-refractivity contribution < 1.29 is 32.9 Å². The minimum absolute atomic E-state index is 0.0517. The van der Waals surface area contributed by atoms with E-state index in [0.29, 0.717) is 17.4 Å². The van der Waals surface area contributed by atoms with Crippen LogP contribution in [0.25, 0.3) is 0 Å². The van der Waals surface area contributed by atoms with Gasteiger partial charge in [0.1, 0.15) is 13.2 Å². The summed E-state index contributed by atoms with van der Waals surface area (Å²) in [5.41, 5.74) is 0. The topological polar surface area (TPSA) is 105 Å². The molecule has 0 fully saturated rings. The van der Waals surface area contributed by atoms with Gasteiger partial charge in [-0.2, -0.15) is 0 Å². The van der Waals surface area contributed by atoms with Crippen molar-refractivity contribution in [1.29, 1.82) is 0 Å². The average Bonchev–Trinajstić information content (AvgIpc) is 3.50. The standard InChI is InChI=1S/C74H139N2O6P/c1-6-8-10-12-14-16-18-20-22-24-26-28-30-32-34-36-37-38-40-41-43-45-47-49-51-53-55-57-59-61-63-65-67-73(77)72(71-82-83(79,80)81-70-69-76(3,4)5)75-74(78)68-66-64-62-60-58-56-54-52-50-48-46-44-42-39-35-33-31-29-27-25-23-21-19-17-15-13-11-9-7-2/h19,21,25,27,31,33,49,51,57,59,65,67,72-73,77H,6-18,20,22-24,26,28-30,32,34-48,50,52-56,58,60-64,66,68-71H2,1-5H3,(H-,75,78,79,80)/p+1/b21-19-,27-25-,33-31-,51-49+,59-57+,67-65+. The summed E-state index contributed by atoms with van der Waals surface area (Å²) in [7, 11) is 1.55.